The lowest BCUT2D eigenvalue weighted by Gasteiger charge is -2.25. The number of nitriles is 1. The van der Waals surface area contributed by atoms with Crippen molar-refractivity contribution in [3.8, 4) is 11.8 Å². The Morgan fingerprint density at radius 1 is 1.02 bits per heavy atom. The number of fused-ring (bicyclic) bond motifs is 1. The number of benzene rings is 4. The highest BCUT2D eigenvalue weighted by atomic mass is 127. The van der Waals surface area contributed by atoms with E-state index >= 15 is 0 Å². The predicted molar refractivity (Wildman–Crippen MR) is 195 cm³/mol. The summed E-state index contributed by atoms with van der Waals surface area (Å²) in [6.45, 7) is 2.24. The van der Waals surface area contributed by atoms with Crippen molar-refractivity contribution in [2.75, 3.05) is 6.61 Å². The van der Waals surface area contributed by atoms with E-state index in [4.69, 9.17) is 19.7 Å². The van der Waals surface area contributed by atoms with Gasteiger partial charge < -0.3 is 9.47 Å². The summed E-state index contributed by atoms with van der Waals surface area (Å²) in [6.07, 6.45) is 1.83. The van der Waals surface area contributed by atoms with Gasteiger partial charge in [0.2, 0.25) is 0 Å². The van der Waals surface area contributed by atoms with Crippen LogP contribution in [0.15, 0.2) is 112 Å². The molecule has 0 fully saturated rings. The normalized spacial score (nSPS) is 14.3. The molecule has 0 spiro atoms. The molecule has 1 atom stereocenters. The highest BCUT2D eigenvalue weighted by Gasteiger charge is 2.35. The largest absolute Gasteiger partial charge is 0.487 e. The monoisotopic (exact) mass is 849 g/mol. The van der Waals surface area contributed by atoms with Gasteiger partial charge in [0.05, 0.1) is 43.7 Å². The summed E-state index contributed by atoms with van der Waals surface area (Å²) in [6, 6.07) is 31.6. The minimum atomic E-state index is -0.739. The van der Waals surface area contributed by atoms with Gasteiger partial charge in [0.1, 0.15) is 12.4 Å². The minimum absolute atomic E-state index is 0.187. The lowest BCUT2D eigenvalue weighted by atomic mass is 9.93. The number of nitrogens with zero attached hydrogens (tertiary/aromatic N) is 3. The molecule has 0 unspecified atom stereocenters. The zero-order chi connectivity index (χ0) is 32.2. The van der Waals surface area contributed by atoms with Crippen LogP contribution in [0.3, 0.4) is 0 Å². The number of hydrogen-bond donors (Lipinski definition) is 0. The molecule has 6 rings (SSSR count). The Bertz CT molecular complexity index is 2190. The van der Waals surface area contributed by atoms with Crippen LogP contribution < -0.4 is 19.6 Å². The third kappa shape index (κ3) is 6.58. The molecule has 1 aliphatic rings. The molecule has 10 heteroatoms. The van der Waals surface area contributed by atoms with E-state index < -0.39 is 12.0 Å². The first-order valence-electron chi connectivity index (χ1n) is 14.3. The van der Waals surface area contributed by atoms with E-state index in [0.29, 0.717) is 38.5 Å². The fraction of sp³-hybridized carbons (Fsp3) is 0.111. The van der Waals surface area contributed by atoms with E-state index in [0.717, 1.165) is 29.4 Å². The van der Waals surface area contributed by atoms with Crippen LogP contribution in [0, 0.1) is 18.5 Å². The Hall–Kier alpha value is -4.06. The fourth-order valence-electron chi connectivity index (χ4n) is 5.20. The molecule has 0 saturated carbocycles. The lowest BCUT2D eigenvalue weighted by molar-refractivity contribution is -0.138. The first-order chi connectivity index (χ1) is 22.4. The second-order valence-corrected chi connectivity index (χ2v) is 13.7. The summed E-state index contributed by atoms with van der Waals surface area (Å²) in [7, 11) is 0. The highest BCUT2D eigenvalue weighted by Crippen LogP contribution is 2.35. The minimum Gasteiger partial charge on any atom is -0.487 e. The van der Waals surface area contributed by atoms with Crippen LogP contribution in [0.4, 0.5) is 0 Å². The van der Waals surface area contributed by atoms with Gasteiger partial charge >= 0.3 is 5.97 Å². The van der Waals surface area contributed by atoms with Gasteiger partial charge in [-0.05, 0) is 93.6 Å². The molecule has 0 bridgehead atoms. The Balaban J connectivity index is 1.53. The van der Waals surface area contributed by atoms with E-state index in [-0.39, 0.29) is 12.2 Å². The van der Waals surface area contributed by atoms with Gasteiger partial charge in [-0.15, -0.1) is 0 Å². The van der Waals surface area contributed by atoms with Crippen molar-refractivity contribution in [1.82, 2.24) is 4.57 Å². The SMILES string of the molecule is CCOC(=O)C1=C(c2ccccc2)N=c2s/c(=C\c3cc(I)cc(I)c3OCc3ccc(C#N)cc3)c(=O)n2[C@H]1c1ccccc1. The van der Waals surface area contributed by atoms with E-state index in [2.05, 4.69) is 51.3 Å². The smallest absolute Gasteiger partial charge is 0.338 e. The molecule has 1 aromatic heterocycles. The van der Waals surface area contributed by atoms with Crippen molar-refractivity contribution in [3.05, 3.63) is 157 Å². The van der Waals surface area contributed by atoms with Gasteiger partial charge in [0, 0.05) is 14.7 Å². The van der Waals surface area contributed by atoms with Gasteiger partial charge in [-0.25, -0.2) is 9.79 Å². The van der Waals surface area contributed by atoms with Gasteiger partial charge in [0.15, 0.2) is 4.80 Å². The Kier molecular flexibility index (Phi) is 9.81. The third-order valence-electron chi connectivity index (χ3n) is 7.28. The van der Waals surface area contributed by atoms with Crippen molar-refractivity contribution in [3.63, 3.8) is 0 Å². The van der Waals surface area contributed by atoms with Gasteiger partial charge in [-0.1, -0.05) is 84.1 Å². The number of esters is 1. The molecule has 0 amide bonds. The van der Waals surface area contributed by atoms with E-state index in [1.54, 1.807) is 23.6 Å². The second kappa shape index (κ2) is 14.1. The first kappa shape index (κ1) is 31.9. The van der Waals surface area contributed by atoms with Crippen LogP contribution in [-0.4, -0.2) is 17.1 Å². The van der Waals surface area contributed by atoms with Crippen molar-refractivity contribution in [2.45, 2.75) is 19.6 Å². The van der Waals surface area contributed by atoms with Gasteiger partial charge in [-0.2, -0.15) is 5.26 Å². The van der Waals surface area contributed by atoms with Crippen molar-refractivity contribution in [1.29, 1.82) is 5.26 Å². The van der Waals surface area contributed by atoms with Crippen LogP contribution in [0.2, 0.25) is 0 Å². The van der Waals surface area contributed by atoms with Crippen molar-refractivity contribution >= 4 is 74.3 Å². The van der Waals surface area contributed by atoms with E-state index in [1.165, 1.54) is 11.3 Å². The quantitative estimate of drug-likeness (QED) is 0.130. The van der Waals surface area contributed by atoms with Gasteiger partial charge in [0.25, 0.3) is 5.56 Å². The zero-order valence-electron chi connectivity index (χ0n) is 24.4. The topological polar surface area (TPSA) is 93.7 Å². The highest BCUT2D eigenvalue weighted by molar-refractivity contribution is 14.1. The summed E-state index contributed by atoms with van der Waals surface area (Å²) < 4.78 is 15.8. The molecular weight excluding hydrogens is 824 g/mol. The molecule has 0 aliphatic carbocycles. The number of ether oxygens (including phenoxy) is 2. The number of aromatic nitrogens is 1. The average Bonchev–Trinajstić information content (AvgIpc) is 3.38. The standard InChI is InChI=1S/C36H25I2N3O4S/c1-2-44-35(43)30-31(24-9-5-3-6-10-24)40-36-41(32(30)25-11-7-4-8-12-25)34(42)29(46-36)18-26-17-27(37)19-28(38)33(26)45-21-23-15-13-22(20-39)14-16-23/h3-19,32H,2,21H2,1H3/b29-18-/t32-/m0/s1. The molecule has 46 heavy (non-hydrogen) atoms. The maximum Gasteiger partial charge on any atom is 0.338 e. The molecule has 2 heterocycles. The lowest BCUT2D eigenvalue weighted by Crippen LogP contribution is -2.40. The number of thiazole rings is 1. The Morgan fingerprint density at radius 3 is 2.39 bits per heavy atom. The van der Waals surface area contributed by atoms with Gasteiger partial charge in [-0.3, -0.25) is 9.36 Å². The molecule has 0 N–H and O–H groups in total. The molecule has 4 aromatic carbocycles. The molecule has 7 nitrogen and oxygen atoms in total. The Labute approximate surface area is 296 Å². The summed E-state index contributed by atoms with van der Waals surface area (Å²) in [5, 5.41) is 9.13. The maximum absolute atomic E-state index is 14.3. The summed E-state index contributed by atoms with van der Waals surface area (Å²) in [4.78, 5) is 33.4. The predicted octanol–water partition coefficient (Wildman–Crippen LogP) is 6.60. The molecule has 228 valence electrons. The third-order valence-corrected chi connectivity index (χ3v) is 9.69. The van der Waals surface area contributed by atoms with Crippen LogP contribution >= 0.6 is 56.5 Å². The fourth-order valence-corrected chi connectivity index (χ4v) is 8.24. The summed E-state index contributed by atoms with van der Waals surface area (Å²) in [5.41, 5.74) is 4.31. The number of rotatable bonds is 8. The summed E-state index contributed by atoms with van der Waals surface area (Å²) in [5.74, 6) is 0.131. The van der Waals surface area contributed by atoms with Crippen LogP contribution in [0.5, 0.6) is 5.75 Å². The van der Waals surface area contributed by atoms with E-state index in [1.807, 2.05) is 91.0 Å². The summed E-state index contributed by atoms with van der Waals surface area (Å²) >= 11 is 5.77. The molecular formula is C36H25I2N3O4S. The molecule has 0 radical (unpaired) electrons. The second-order valence-electron chi connectivity index (χ2n) is 10.2. The van der Waals surface area contributed by atoms with Crippen LogP contribution in [-0.2, 0) is 16.1 Å². The van der Waals surface area contributed by atoms with Crippen molar-refractivity contribution < 1.29 is 14.3 Å². The Morgan fingerprint density at radius 2 is 1.72 bits per heavy atom. The van der Waals surface area contributed by atoms with Crippen molar-refractivity contribution in [2.24, 2.45) is 4.99 Å². The van der Waals surface area contributed by atoms with E-state index in [9.17, 15) is 9.59 Å². The maximum atomic E-state index is 14.3. The van der Waals surface area contributed by atoms with Crippen LogP contribution in [0.1, 0.15) is 40.8 Å². The number of carbonyl (C=O) groups excluding carboxylic acids is 1. The number of halogens is 2. The average molecular weight is 849 g/mol. The first-order valence-corrected chi connectivity index (χ1v) is 17.3. The molecule has 1 aliphatic heterocycles. The number of carbonyl (C=O) groups is 1. The number of hydrogen-bond acceptors (Lipinski definition) is 7. The molecule has 0 saturated heterocycles. The van der Waals surface area contributed by atoms with Crippen LogP contribution in [0.25, 0.3) is 11.8 Å². The molecule has 5 aromatic rings. The zero-order valence-corrected chi connectivity index (χ0v) is 29.6.